The number of primary amides is 1. The van der Waals surface area contributed by atoms with Crippen molar-refractivity contribution >= 4 is 23.9 Å². The van der Waals surface area contributed by atoms with Gasteiger partial charge in [0, 0.05) is 12.7 Å². The van der Waals surface area contributed by atoms with Crippen LogP contribution in [0, 0.1) is 5.92 Å². The van der Waals surface area contributed by atoms with E-state index in [-0.39, 0.29) is 47.0 Å². The van der Waals surface area contributed by atoms with E-state index in [4.69, 9.17) is 20.9 Å². The maximum absolute atomic E-state index is 12.8. The highest BCUT2D eigenvalue weighted by Crippen LogP contribution is 2.51. The van der Waals surface area contributed by atoms with Gasteiger partial charge in [-0.25, -0.2) is 4.79 Å². The largest absolute Gasteiger partial charge is 0.449 e. The standard InChI is InChI=1S/C15H16N4O5/c1-5-9(16)12(21)8-6(4-24-14(17)22)15(23-2)13-7(18-13)3-19(15)10(8)11(5)20/h3,6-7,13,18H,4H2,1-2H3,(H3-,16,17,20,22)/p+1/t6-,7+,13+,15-/m1/s1. The Balaban J connectivity index is 1.88. The number of fused-ring (bicyclic) bond motifs is 4. The highest BCUT2D eigenvalue weighted by molar-refractivity contribution is 6.24. The van der Waals surface area contributed by atoms with Crippen molar-refractivity contribution in [2.75, 3.05) is 13.7 Å². The average Bonchev–Trinajstić information content (AvgIpc) is 3.16. The number of carbonyl (C=O) groups excluding carboxylic acids is 3. The van der Waals surface area contributed by atoms with Gasteiger partial charge >= 0.3 is 11.8 Å². The van der Waals surface area contributed by atoms with Gasteiger partial charge in [0.25, 0.3) is 11.5 Å². The molecule has 4 rings (SSSR count). The van der Waals surface area contributed by atoms with Crippen LogP contribution in [0.2, 0.25) is 0 Å². The molecule has 0 aromatic rings. The third-order valence-electron chi connectivity index (χ3n) is 5.27. The second-order valence-electron chi connectivity index (χ2n) is 6.29. The number of amides is 1. The summed E-state index contributed by atoms with van der Waals surface area (Å²) in [5, 5.41) is 3.22. The fourth-order valence-electron chi connectivity index (χ4n) is 4.07. The summed E-state index contributed by atoms with van der Waals surface area (Å²) in [6, 6.07) is -0.0711. The molecule has 9 nitrogen and oxygen atoms in total. The number of Topliss-reactive ketones (excluding diaryl/α,β-unsaturated/α-hetero) is 2. The van der Waals surface area contributed by atoms with E-state index < -0.39 is 23.5 Å². The van der Waals surface area contributed by atoms with Gasteiger partial charge in [-0.2, -0.15) is 4.58 Å². The zero-order chi connectivity index (χ0) is 17.4. The number of methoxy groups -OCH3 is 1. The van der Waals surface area contributed by atoms with Crippen LogP contribution in [0.4, 0.5) is 4.79 Å². The zero-order valence-corrected chi connectivity index (χ0v) is 13.2. The lowest BCUT2D eigenvalue weighted by molar-refractivity contribution is -0.607. The third kappa shape index (κ3) is 1.55. The van der Waals surface area contributed by atoms with E-state index in [2.05, 4.69) is 5.32 Å². The SMILES string of the molecule is CO[C@@]12[C@H](COC(N)=O)C3=C(C(=O)C(C)=C(N)C3=O)[N+]1=C[C@@H]1N[C@@H]12. The number of allylic oxidation sites excluding steroid dienone is 2. The summed E-state index contributed by atoms with van der Waals surface area (Å²) in [4.78, 5) is 36.6. The van der Waals surface area contributed by atoms with Crippen molar-refractivity contribution in [3.8, 4) is 0 Å². The summed E-state index contributed by atoms with van der Waals surface area (Å²) in [6.45, 7) is 1.35. The number of nitrogens with zero attached hydrogens (tertiary/aromatic N) is 1. The molecule has 0 saturated carbocycles. The van der Waals surface area contributed by atoms with Crippen molar-refractivity contribution in [3.05, 3.63) is 22.5 Å². The van der Waals surface area contributed by atoms with Crippen LogP contribution in [0.25, 0.3) is 0 Å². The second kappa shape index (κ2) is 4.52. The van der Waals surface area contributed by atoms with E-state index in [1.807, 2.05) is 6.21 Å². The number of nitrogens with two attached hydrogens (primary N) is 2. The molecule has 1 aliphatic carbocycles. The molecule has 0 spiro atoms. The molecule has 0 radical (unpaired) electrons. The maximum Gasteiger partial charge on any atom is 0.404 e. The van der Waals surface area contributed by atoms with Crippen molar-refractivity contribution < 1.29 is 28.4 Å². The number of hydrogen-bond acceptors (Lipinski definition) is 7. The van der Waals surface area contributed by atoms with Crippen molar-refractivity contribution in [3.63, 3.8) is 0 Å². The van der Waals surface area contributed by atoms with E-state index in [9.17, 15) is 14.4 Å². The number of rotatable bonds is 3. The molecule has 126 valence electrons. The Bertz CT molecular complexity index is 811. The van der Waals surface area contributed by atoms with Gasteiger partial charge in [-0.05, 0) is 6.92 Å². The van der Waals surface area contributed by atoms with Crippen LogP contribution in [-0.4, -0.2) is 60.0 Å². The minimum Gasteiger partial charge on any atom is -0.449 e. The van der Waals surface area contributed by atoms with E-state index in [1.165, 1.54) is 14.0 Å². The molecule has 0 bridgehead atoms. The summed E-state index contributed by atoms with van der Waals surface area (Å²) in [5.41, 5.74) is 10.5. The summed E-state index contributed by atoms with van der Waals surface area (Å²) in [7, 11) is 1.50. The van der Waals surface area contributed by atoms with Crippen LogP contribution in [0.15, 0.2) is 22.5 Å². The Hall–Kier alpha value is -2.52. The highest BCUT2D eigenvalue weighted by Gasteiger charge is 2.77. The van der Waals surface area contributed by atoms with E-state index >= 15 is 0 Å². The van der Waals surface area contributed by atoms with Gasteiger partial charge < -0.3 is 20.9 Å². The van der Waals surface area contributed by atoms with Crippen molar-refractivity contribution in [1.29, 1.82) is 0 Å². The first-order chi connectivity index (χ1) is 11.3. The van der Waals surface area contributed by atoms with Crippen LogP contribution in [0.1, 0.15) is 6.92 Å². The topological polar surface area (TPSA) is 147 Å². The minimum absolute atomic E-state index is 0.0431. The first kappa shape index (κ1) is 15.0. The Labute approximate surface area is 136 Å². The van der Waals surface area contributed by atoms with Gasteiger partial charge in [0.1, 0.15) is 24.6 Å². The van der Waals surface area contributed by atoms with E-state index in [0.29, 0.717) is 0 Å². The summed E-state index contributed by atoms with van der Waals surface area (Å²) < 4.78 is 12.4. The Morgan fingerprint density at radius 2 is 2.12 bits per heavy atom. The predicted octanol–water partition coefficient (Wildman–Crippen LogP) is -1.87. The lowest BCUT2D eigenvalue weighted by Gasteiger charge is -2.27. The number of ketones is 2. The molecule has 4 aliphatic rings. The lowest BCUT2D eigenvalue weighted by Crippen LogP contribution is -2.52. The zero-order valence-electron chi connectivity index (χ0n) is 13.2. The number of nitrogens with one attached hydrogen (secondary N) is 1. The molecule has 3 heterocycles. The molecule has 1 saturated heterocycles. The van der Waals surface area contributed by atoms with E-state index in [0.717, 1.165) is 0 Å². The van der Waals surface area contributed by atoms with Crippen LogP contribution < -0.4 is 16.8 Å². The molecular formula is C15H17N4O5+. The highest BCUT2D eigenvalue weighted by atomic mass is 16.6. The maximum atomic E-state index is 12.8. The van der Waals surface area contributed by atoms with Gasteiger partial charge in [0.2, 0.25) is 5.78 Å². The normalized spacial score (nSPS) is 36.4. The van der Waals surface area contributed by atoms with Crippen LogP contribution >= 0.6 is 0 Å². The molecule has 9 heteroatoms. The summed E-state index contributed by atoms with van der Waals surface area (Å²) >= 11 is 0. The van der Waals surface area contributed by atoms with E-state index in [1.54, 1.807) is 4.58 Å². The van der Waals surface area contributed by atoms with Gasteiger partial charge in [-0.15, -0.1) is 0 Å². The second-order valence-corrected chi connectivity index (χ2v) is 6.29. The van der Waals surface area contributed by atoms with Gasteiger partial charge in [-0.1, -0.05) is 0 Å². The van der Waals surface area contributed by atoms with Gasteiger partial charge in [0.15, 0.2) is 6.21 Å². The molecule has 1 amide bonds. The molecule has 1 fully saturated rings. The van der Waals surface area contributed by atoms with Crippen molar-refractivity contribution in [2.24, 2.45) is 17.4 Å². The smallest absolute Gasteiger partial charge is 0.404 e. The summed E-state index contributed by atoms with van der Waals surface area (Å²) in [5.74, 6) is -1.42. The molecule has 0 aromatic heterocycles. The summed E-state index contributed by atoms with van der Waals surface area (Å²) in [6.07, 6.45) is 0.867. The lowest BCUT2D eigenvalue weighted by atomic mass is 9.82. The number of hydrogen-bond donors (Lipinski definition) is 3. The van der Waals surface area contributed by atoms with Crippen LogP contribution in [0.5, 0.6) is 0 Å². The molecular weight excluding hydrogens is 316 g/mol. The number of ether oxygens (including phenoxy) is 2. The molecule has 4 atom stereocenters. The Kier molecular flexibility index (Phi) is 2.83. The van der Waals surface area contributed by atoms with Crippen molar-refractivity contribution in [1.82, 2.24) is 5.32 Å². The first-order valence-electron chi connectivity index (χ1n) is 7.52. The Morgan fingerprint density at radius 1 is 1.42 bits per heavy atom. The molecule has 0 aromatic carbocycles. The fraction of sp³-hybridized carbons (Fsp3) is 0.467. The Morgan fingerprint density at radius 3 is 2.75 bits per heavy atom. The molecule has 24 heavy (non-hydrogen) atoms. The quantitative estimate of drug-likeness (QED) is 0.311. The molecule has 3 aliphatic heterocycles. The fourth-order valence-corrected chi connectivity index (χ4v) is 4.07. The van der Waals surface area contributed by atoms with Gasteiger partial charge in [0.05, 0.1) is 11.3 Å². The van der Waals surface area contributed by atoms with Crippen molar-refractivity contribution in [2.45, 2.75) is 24.7 Å². The molecule has 5 N–H and O–H groups in total. The number of carbonyl (C=O) groups is 3. The average molecular weight is 333 g/mol. The van der Waals surface area contributed by atoms with Crippen LogP contribution in [-0.2, 0) is 19.1 Å². The minimum atomic E-state index is -1.01. The first-order valence-corrected chi connectivity index (χ1v) is 7.52. The van der Waals surface area contributed by atoms with Crippen LogP contribution in [0.3, 0.4) is 0 Å². The molecule has 0 unspecified atom stereocenters. The predicted molar refractivity (Wildman–Crippen MR) is 79.7 cm³/mol. The monoisotopic (exact) mass is 333 g/mol. The third-order valence-corrected chi connectivity index (χ3v) is 5.27. The van der Waals surface area contributed by atoms with Gasteiger partial charge in [-0.3, -0.25) is 14.9 Å².